The zero-order chi connectivity index (χ0) is 20.4. The van der Waals surface area contributed by atoms with Gasteiger partial charge in [-0.2, -0.15) is 0 Å². The van der Waals surface area contributed by atoms with Crippen LogP contribution in [0.5, 0.6) is 5.75 Å². The number of hydrogen-bond donors (Lipinski definition) is 2. The van der Waals surface area contributed by atoms with Crippen LogP contribution < -0.4 is 10.9 Å². The number of ether oxygens (including phenoxy) is 1. The summed E-state index contributed by atoms with van der Waals surface area (Å²) in [6.45, 7) is 6.18. The molecule has 8 heteroatoms. The number of amides is 1. The molecule has 1 aliphatic carbocycles. The summed E-state index contributed by atoms with van der Waals surface area (Å²) in [5, 5.41) is 14.1. The van der Waals surface area contributed by atoms with Crippen molar-refractivity contribution in [2.75, 3.05) is 32.8 Å². The predicted molar refractivity (Wildman–Crippen MR) is 109 cm³/mol. The van der Waals surface area contributed by atoms with Crippen molar-refractivity contribution in [2.24, 2.45) is 5.92 Å². The number of fused-ring (bicyclic) bond motifs is 1. The Morgan fingerprint density at radius 1 is 1.31 bits per heavy atom. The highest BCUT2D eigenvalue weighted by Crippen LogP contribution is 2.27. The predicted octanol–water partition coefficient (Wildman–Crippen LogP) is 1.35. The number of nitrogens with zero attached hydrogens (tertiary/aromatic N) is 3. The Balaban J connectivity index is 1.66. The molecule has 1 saturated heterocycles. The van der Waals surface area contributed by atoms with Crippen molar-refractivity contribution in [2.45, 2.75) is 38.8 Å². The second-order valence-corrected chi connectivity index (χ2v) is 8.10. The van der Waals surface area contributed by atoms with Gasteiger partial charge in [-0.25, -0.2) is 4.98 Å². The van der Waals surface area contributed by atoms with E-state index in [9.17, 15) is 14.7 Å². The van der Waals surface area contributed by atoms with E-state index in [1.807, 2.05) is 0 Å². The average Bonchev–Trinajstić information content (AvgIpc) is 3.13. The highest BCUT2D eigenvalue weighted by Gasteiger charge is 2.28. The molecule has 1 saturated carbocycles. The molecule has 0 radical (unpaired) electrons. The Bertz CT molecular complexity index is 952. The van der Waals surface area contributed by atoms with Gasteiger partial charge in [0.15, 0.2) is 0 Å². The molecule has 2 fully saturated rings. The molecule has 0 aromatic carbocycles. The van der Waals surface area contributed by atoms with Crippen molar-refractivity contribution in [1.29, 1.82) is 0 Å². The first-order chi connectivity index (χ1) is 14.0. The minimum atomic E-state index is -0.502. The highest BCUT2D eigenvalue weighted by molar-refractivity contribution is 6.01. The van der Waals surface area contributed by atoms with Crippen molar-refractivity contribution in [3.8, 4) is 5.75 Å². The van der Waals surface area contributed by atoms with E-state index in [1.165, 1.54) is 4.57 Å². The van der Waals surface area contributed by atoms with Crippen LogP contribution in [0.3, 0.4) is 0 Å². The van der Waals surface area contributed by atoms with Gasteiger partial charge in [-0.15, -0.1) is 0 Å². The fourth-order valence-electron chi connectivity index (χ4n) is 4.34. The largest absolute Gasteiger partial charge is 0.506 e. The summed E-state index contributed by atoms with van der Waals surface area (Å²) in [6.07, 6.45) is 4.44. The topological polar surface area (TPSA) is 96.7 Å². The molecule has 2 aromatic rings. The van der Waals surface area contributed by atoms with E-state index < -0.39 is 11.5 Å². The molecule has 2 atom stereocenters. The molecule has 2 aromatic heterocycles. The Morgan fingerprint density at radius 2 is 2.10 bits per heavy atom. The summed E-state index contributed by atoms with van der Waals surface area (Å²) < 4.78 is 6.88. The minimum Gasteiger partial charge on any atom is -0.506 e. The number of hydrogen-bond acceptors (Lipinski definition) is 6. The molecular weight excluding hydrogens is 372 g/mol. The number of carbonyl (C=O) groups is 1. The third-order valence-electron chi connectivity index (χ3n) is 5.99. The van der Waals surface area contributed by atoms with E-state index in [0.29, 0.717) is 43.3 Å². The SMILES string of the molecule is CC1CCC(NC(=O)c2c(O)c3cccnc3n(CCN3CCOCC3)c2=O)C1. The third kappa shape index (κ3) is 4.13. The van der Waals surface area contributed by atoms with E-state index >= 15 is 0 Å². The summed E-state index contributed by atoms with van der Waals surface area (Å²) in [5.74, 6) is -0.235. The number of carbonyl (C=O) groups excluding carboxylic acids is 1. The maximum atomic E-state index is 13.2. The number of rotatable bonds is 5. The molecule has 1 amide bonds. The molecule has 1 aliphatic heterocycles. The van der Waals surface area contributed by atoms with Crippen LogP contribution in [0.4, 0.5) is 0 Å². The quantitative estimate of drug-likeness (QED) is 0.787. The van der Waals surface area contributed by atoms with Crippen LogP contribution in [0.1, 0.15) is 36.5 Å². The second-order valence-electron chi connectivity index (χ2n) is 8.10. The zero-order valence-electron chi connectivity index (χ0n) is 16.8. The van der Waals surface area contributed by atoms with Crippen molar-refractivity contribution in [1.82, 2.24) is 19.8 Å². The first-order valence-corrected chi connectivity index (χ1v) is 10.4. The highest BCUT2D eigenvalue weighted by atomic mass is 16.5. The van der Waals surface area contributed by atoms with E-state index in [0.717, 1.165) is 32.4 Å². The third-order valence-corrected chi connectivity index (χ3v) is 5.99. The smallest absolute Gasteiger partial charge is 0.268 e. The van der Waals surface area contributed by atoms with E-state index in [1.54, 1.807) is 18.3 Å². The fraction of sp³-hybridized carbons (Fsp3) is 0.571. The summed E-state index contributed by atoms with van der Waals surface area (Å²) >= 11 is 0. The van der Waals surface area contributed by atoms with E-state index in [-0.39, 0.29) is 17.4 Å². The lowest BCUT2D eigenvalue weighted by atomic mass is 10.1. The van der Waals surface area contributed by atoms with E-state index in [4.69, 9.17) is 4.74 Å². The van der Waals surface area contributed by atoms with Crippen LogP contribution in [-0.2, 0) is 11.3 Å². The lowest BCUT2D eigenvalue weighted by Gasteiger charge is -2.27. The summed E-state index contributed by atoms with van der Waals surface area (Å²) in [4.78, 5) is 32.7. The van der Waals surface area contributed by atoms with Gasteiger partial charge in [-0.05, 0) is 37.3 Å². The van der Waals surface area contributed by atoms with Crippen LogP contribution in [0.15, 0.2) is 23.1 Å². The molecule has 2 N–H and O–H groups in total. The minimum absolute atomic E-state index is 0.0442. The summed E-state index contributed by atoms with van der Waals surface area (Å²) in [7, 11) is 0. The number of morpholine rings is 1. The molecule has 2 unspecified atom stereocenters. The van der Waals surface area contributed by atoms with Crippen LogP contribution in [-0.4, -0.2) is 64.4 Å². The number of pyridine rings is 2. The monoisotopic (exact) mass is 400 g/mol. The van der Waals surface area contributed by atoms with Gasteiger partial charge >= 0.3 is 0 Å². The van der Waals surface area contributed by atoms with Gasteiger partial charge in [0.25, 0.3) is 11.5 Å². The standard InChI is InChI=1S/C21H28N4O4/c1-14-4-5-15(13-14)23-20(27)17-18(26)16-3-2-6-22-19(16)25(21(17)28)8-7-24-9-11-29-12-10-24/h2-3,6,14-15,26H,4-5,7-13H2,1H3,(H,23,27). The van der Waals surface area contributed by atoms with Gasteiger partial charge in [0, 0.05) is 38.4 Å². The molecule has 3 heterocycles. The van der Waals surface area contributed by atoms with Crippen LogP contribution in [0, 0.1) is 5.92 Å². The first kappa shape index (κ1) is 19.8. The lowest BCUT2D eigenvalue weighted by Crippen LogP contribution is -2.41. The molecule has 2 aliphatic rings. The van der Waals surface area contributed by atoms with Crippen LogP contribution in [0.25, 0.3) is 11.0 Å². The van der Waals surface area contributed by atoms with Gasteiger partial charge in [0.1, 0.15) is 17.0 Å². The number of aromatic hydroxyl groups is 1. The van der Waals surface area contributed by atoms with Crippen LogP contribution >= 0.6 is 0 Å². The van der Waals surface area contributed by atoms with Gasteiger partial charge in [0.2, 0.25) is 0 Å². The molecule has 156 valence electrons. The van der Waals surface area contributed by atoms with Gasteiger partial charge < -0.3 is 15.2 Å². The van der Waals surface area contributed by atoms with Crippen molar-refractivity contribution in [3.63, 3.8) is 0 Å². The Kier molecular flexibility index (Phi) is 5.82. The summed E-state index contributed by atoms with van der Waals surface area (Å²) in [6, 6.07) is 3.43. The van der Waals surface area contributed by atoms with E-state index in [2.05, 4.69) is 22.1 Å². The maximum Gasteiger partial charge on any atom is 0.268 e. The molecule has 0 spiro atoms. The van der Waals surface area contributed by atoms with Crippen molar-refractivity contribution in [3.05, 3.63) is 34.2 Å². The van der Waals surface area contributed by atoms with Crippen LogP contribution in [0.2, 0.25) is 0 Å². The van der Waals surface area contributed by atoms with Crippen molar-refractivity contribution >= 4 is 16.9 Å². The Labute approximate surface area is 169 Å². The van der Waals surface area contributed by atoms with Crippen molar-refractivity contribution < 1.29 is 14.6 Å². The Hall–Kier alpha value is -2.45. The maximum absolute atomic E-state index is 13.2. The number of aromatic nitrogens is 2. The second kappa shape index (κ2) is 8.51. The molecular formula is C21H28N4O4. The Morgan fingerprint density at radius 3 is 2.83 bits per heavy atom. The first-order valence-electron chi connectivity index (χ1n) is 10.4. The van der Waals surface area contributed by atoms with Gasteiger partial charge in [0.05, 0.1) is 18.6 Å². The molecule has 4 rings (SSSR count). The van der Waals surface area contributed by atoms with Gasteiger partial charge in [-0.3, -0.25) is 19.1 Å². The molecule has 0 bridgehead atoms. The number of nitrogens with one attached hydrogen (secondary N) is 1. The average molecular weight is 400 g/mol. The lowest BCUT2D eigenvalue weighted by molar-refractivity contribution is 0.0364. The normalized spacial score (nSPS) is 22.8. The fourth-order valence-corrected chi connectivity index (χ4v) is 4.34. The molecule has 29 heavy (non-hydrogen) atoms. The van der Waals surface area contributed by atoms with Gasteiger partial charge in [-0.1, -0.05) is 6.92 Å². The summed E-state index contributed by atoms with van der Waals surface area (Å²) in [5.41, 5.74) is -0.285. The zero-order valence-corrected chi connectivity index (χ0v) is 16.8. The molecule has 8 nitrogen and oxygen atoms in total.